The van der Waals surface area contributed by atoms with Gasteiger partial charge in [0.05, 0.1) is 12.9 Å². The number of aromatic nitrogens is 3. The van der Waals surface area contributed by atoms with Crippen LogP contribution < -0.4 is 10.1 Å². The van der Waals surface area contributed by atoms with E-state index in [1.165, 1.54) is 29.1 Å². The Bertz CT molecular complexity index is 911. The van der Waals surface area contributed by atoms with Gasteiger partial charge in [-0.15, -0.1) is 5.10 Å². The van der Waals surface area contributed by atoms with Gasteiger partial charge in [0.25, 0.3) is 5.91 Å². The normalized spacial score (nSPS) is 12.2. The third kappa shape index (κ3) is 5.09. The number of rotatable bonds is 7. The summed E-state index contributed by atoms with van der Waals surface area (Å²) in [5.74, 6) is -1.05. The Morgan fingerprint density at radius 3 is 2.72 bits per heavy atom. The number of pyridine rings is 1. The summed E-state index contributed by atoms with van der Waals surface area (Å²) in [5, 5.41) is 21.8. The van der Waals surface area contributed by atoms with Crippen LogP contribution in [0.3, 0.4) is 0 Å². The molecular formula is C17H20F3N7O2. The molecule has 12 heteroatoms. The number of halogens is 3. The second kappa shape index (κ2) is 8.71. The number of aryl methyl sites for hydroxylation is 1. The van der Waals surface area contributed by atoms with Crippen molar-refractivity contribution < 1.29 is 22.7 Å². The lowest BCUT2D eigenvalue weighted by Gasteiger charge is -2.28. The monoisotopic (exact) mass is 411 g/mol. The Balaban J connectivity index is 2.24. The van der Waals surface area contributed by atoms with Gasteiger partial charge in [-0.3, -0.25) is 20.3 Å². The van der Waals surface area contributed by atoms with E-state index in [0.717, 1.165) is 6.92 Å². The van der Waals surface area contributed by atoms with E-state index in [2.05, 4.69) is 15.4 Å². The van der Waals surface area contributed by atoms with Gasteiger partial charge in [-0.05, 0) is 26.0 Å². The van der Waals surface area contributed by atoms with E-state index < -0.39 is 24.0 Å². The maximum absolute atomic E-state index is 13.0. The van der Waals surface area contributed by atoms with Crippen molar-refractivity contribution in [2.24, 2.45) is 7.05 Å². The first-order valence-electron chi connectivity index (χ1n) is 8.47. The SMILES string of the molecule is CCOc1nn(C)cc1C(=O)Nc1cccc(C(=N)N(C=N)[C@@H](C)C(F)(F)F)n1. The fraction of sp³-hybridized carbons (Fsp3) is 0.353. The average Bonchev–Trinajstić information content (AvgIpc) is 3.02. The van der Waals surface area contributed by atoms with Crippen LogP contribution in [-0.4, -0.2) is 56.6 Å². The summed E-state index contributed by atoms with van der Waals surface area (Å²) in [6, 6.07) is 2.08. The Morgan fingerprint density at radius 1 is 1.45 bits per heavy atom. The molecule has 2 aromatic rings. The molecule has 2 aromatic heterocycles. The van der Waals surface area contributed by atoms with Gasteiger partial charge in [0.15, 0.2) is 5.84 Å². The van der Waals surface area contributed by atoms with Gasteiger partial charge in [-0.2, -0.15) is 13.2 Å². The Kier molecular flexibility index (Phi) is 6.56. The quantitative estimate of drug-likeness (QED) is 0.478. The standard InChI is InChI=1S/C17H20F3N7O2/c1-4-29-16-11(8-26(3)25-16)15(28)24-13-7-5-6-12(23-13)14(22)27(9-21)10(2)17(18,19)20/h5-10,21-22H,4H2,1-3H3,(H,23,24,28)/t10-/m0/s1. The fourth-order valence-electron chi connectivity index (χ4n) is 2.35. The minimum Gasteiger partial charge on any atom is -0.476 e. The molecule has 1 atom stereocenters. The summed E-state index contributed by atoms with van der Waals surface area (Å²) in [4.78, 5) is 17.0. The largest absolute Gasteiger partial charge is 0.476 e. The lowest BCUT2D eigenvalue weighted by molar-refractivity contribution is -0.160. The molecule has 0 unspecified atom stereocenters. The highest BCUT2D eigenvalue weighted by Gasteiger charge is 2.41. The second-order valence-corrected chi connectivity index (χ2v) is 5.92. The number of amides is 1. The Hall–Kier alpha value is -3.44. The van der Waals surface area contributed by atoms with E-state index in [1.807, 2.05) is 0 Å². The van der Waals surface area contributed by atoms with Crippen molar-refractivity contribution in [3.8, 4) is 5.88 Å². The van der Waals surface area contributed by atoms with Crippen molar-refractivity contribution in [2.75, 3.05) is 11.9 Å². The molecule has 0 aromatic carbocycles. The number of carbonyl (C=O) groups is 1. The summed E-state index contributed by atoms with van der Waals surface area (Å²) in [6.07, 6.45) is -2.77. The smallest absolute Gasteiger partial charge is 0.408 e. The van der Waals surface area contributed by atoms with Crippen LogP contribution in [0.1, 0.15) is 29.9 Å². The highest BCUT2D eigenvalue weighted by atomic mass is 19.4. The van der Waals surface area contributed by atoms with Crippen molar-refractivity contribution in [3.05, 3.63) is 35.7 Å². The van der Waals surface area contributed by atoms with E-state index >= 15 is 0 Å². The minimum atomic E-state index is -4.63. The fourth-order valence-corrected chi connectivity index (χ4v) is 2.35. The minimum absolute atomic E-state index is 0.0214. The number of alkyl halides is 3. The Labute approximate surface area is 164 Å². The molecule has 0 fully saturated rings. The number of hydrogen-bond acceptors (Lipinski definition) is 6. The summed E-state index contributed by atoms with van der Waals surface area (Å²) in [6.45, 7) is 2.88. The van der Waals surface area contributed by atoms with Gasteiger partial charge in [0, 0.05) is 13.2 Å². The number of hydrogen-bond donors (Lipinski definition) is 3. The first kappa shape index (κ1) is 21.9. The lowest BCUT2D eigenvalue weighted by atomic mass is 10.2. The summed E-state index contributed by atoms with van der Waals surface area (Å²) >= 11 is 0. The number of nitrogens with zero attached hydrogens (tertiary/aromatic N) is 4. The zero-order valence-electron chi connectivity index (χ0n) is 15.9. The van der Waals surface area contributed by atoms with Gasteiger partial charge in [-0.25, -0.2) is 4.98 Å². The molecule has 0 radical (unpaired) electrons. The van der Waals surface area contributed by atoms with Crippen LogP contribution in [0.2, 0.25) is 0 Å². The molecule has 0 spiro atoms. The topological polar surface area (TPSA) is 120 Å². The van der Waals surface area contributed by atoms with Crippen LogP contribution in [0, 0.1) is 10.8 Å². The number of amidine groups is 1. The molecule has 1 amide bonds. The third-order valence-corrected chi connectivity index (χ3v) is 3.84. The zero-order valence-corrected chi connectivity index (χ0v) is 15.9. The first-order chi connectivity index (χ1) is 13.6. The van der Waals surface area contributed by atoms with Gasteiger partial charge in [0.2, 0.25) is 5.88 Å². The van der Waals surface area contributed by atoms with Crippen molar-refractivity contribution in [1.29, 1.82) is 10.8 Å². The van der Waals surface area contributed by atoms with E-state index in [4.69, 9.17) is 15.6 Å². The van der Waals surface area contributed by atoms with Crippen LogP contribution >= 0.6 is 0 Å². The molecule has 2 rings (SSSR count). The molecule has 2 heterocycles. The first-order valence-corrected chi connectivity index (χ1v) is 8.47. The summed E-state index contributed by atoms with van der Waals surface area (Å²) < 4.78 is 45.6. The maximum Gasteiger partial charge on any atom is 0.408 e. The van der Waals surface area contributed by atoms with Gasteiger partial charge >= 0.3 is 6.18 Å². The number of nitrogens with one attached hydrogen (secondary N) is 3. The molecule has 0 saturated carbocycles. The van der Waals surface area contributed by atoms with E-state index in [1.54, 1.807) is 14.0 Å². The van der Waals surface area contributed by atoms with Gasteiger partial charge in [0.1, 0.15) is 23.1 Å². The van der Waals surface area contributed by atoms with E-state index in [0.29, 0.717) is 17.8 Å². The van der Waals surface area contributed by atoms with Gasteiger partial charge < -0.3 is 15.0 Å². The summed E-state index contributed by atoms with van der Waals surface area (Å²) in [5.41, 5.74) is 0.0158. The maximum atomic E-state index is 13.0. The number of ether oxygens (including phenoxy) is 1. The molecule has 29 heavy (non-hydrogen) atoms. The van der Waals surface area contributed by atoms with Crippen LogP contribution in [-0.2, 0) is 7.05 Å². The second-order valence-electron chi connectivity index (χ2n) is 5.92. The van der Waals surface area contributed by atoms with Crippen LogP contribution in [0.15, 0.2) is 24.4 Å². The van der Waals surface area contributed by atoms with Crippen LogP contribution in [0.4, 0.5) is 19.0 Å². The predicted molar refractivity (Wildman–Crippen MR) is 99.5 cm³/mol. The highest BCUT2D eigenvalue weighted by Crippen LogP contribution is 2.25. The lowest BCUT2D eigenvalue weighted by Crippen LogP contribution is -2.46. The molecule has 0 aliphatic heterocycles. The average molecular weight is 411 g/mol. The molecule has 0 saturated heterocycles. The molecule has 156 valence electrons. The summed E-state index contributed by atoms with van der Waals surface area (Å²) in [7, 11) is 1.62. The van der Waals surface area contributed by atoms with Crippen molar-refractivity contribution >= 4 is 23.9 Å². The van der Waals surface area contributed by atoms with E-state index in [9.17, 15) is 18.0 Å². The molecule has 0 aliphatic rings. The molecular weight excluding hydrogens is 391 g/mol. The molecule has 3 N–H and O–H groups in total. The van der Waals surface area contributed by atoms with Crippen molar-refractivity contribution in [1.82, 2.24) is 19.7 Å². The van der Waals surface area contributed by atoms with Crippen LogP contribution in [0.5, 0.6) is 5.88 Å². The zero-order chi connectivity index (χ0) is 21.8. The predicted octanol–water partition coefficient (Wildman–Crippen LogP) is 2.65. The number of carbonyl (C=O) groups excluding carboxylic acids is 1. The number of anilines is 1. The third-order valence-electron chi connectivity index (χ3n) is 3.84. The molecule has 0 bridgehead atoms. The Morgan fingerprint density at radius 2 is 2.14 bits per heavy atom. The molecule has 0 aliphatic carbocycles. The van der Waals surface area contributed by atoms with Crippen LogP contribution in [0.25, 0.3) is 0 Å². The highest BCUT2D eigenvalue weighted by molar-refractivity contribution is 6.06. The molecule has 9 nitrogen and oxygen atoms in total. The van der Waals surface area contributed by atoms with E-state index in [-0.39, 0.29) is 23.0 Å². The van der Waals surface area contributed by atoms with Gasteiger partial charge in [-0.1, -0.05) is 6.07 Å². The van der Waals surface area contributed by atoms with Crippen molar-refractivity contribution in [2.45, 2.75) is 26.1 Å². The van der Waals surface area contributed by atoms with Crippen molar-refractivity contribution in [3.63, 3.8) is 0 Å².